The zero-order valence-electron chi connectivity index (χ0n) is 7.54. The molecule has 1 aliphatic rings. The Hall–Kier alpha value is -1.16. The molecule has 1 aliphatic carbocycles. The zero-order valence-corrected chi connectivity index (χ0v) is 7.54. The number of halogens is 2. The van der Waals surface area contributed by atoms with E-state index in [4.69, 9.17) is 5.73 Å². The van der Waals surface area contributed by atoms with Crippen LogP contribution in [0.2, 0.25) is 0 Å². The van der Waals surface area contributed by atoms with E-state index in [-0.39, 0.29) is 5.75 Å². The van der Waals surface area contributed by atoms with Crippen molar-refractivity contribution in [3.05, 3.63) is 29.8 Å². The van der Waals surface area contributed by atoms with Crippen molar-refractivity contribution in [1.29, 1.82) is 0 Å². The lowest BCUT2D eigenvalue weighted by molar-refractivity contribution is -0.0507. The molecule has 0 aliphatic heterocycles. The molecule has 1 aromatic carbocycles. The second-order valence-electron chi connectivity index (χ2n) is 3.53. The summed E-state index contributed by atoms with van der Waals surface area (Å²) in [6.45, 7) is -2.79. The molecule has 2 rings (SSSR count). The van der Waals surface area contributed by atoms with Crippen LogP contribution in [0.3, 0.4) is 0 Å². The first kappa shape index (κ1) is 9.40. The molecule has 76 valence electrons. The molecule has 0 spiro atoms. The third kappa shape index (κ3) is 1.70. The van der Waals surface area contributed by atoms with Gasteiger partial charge < -0.3 is 10.5 Å². The minimum Gasteiger partial charge on any atom is -0.434 e. The number of para-hydroxylation sites is 1. The summed E-state index contributed by atoms with van der Waals surface area (Å²) in [6.07, 6.45) is 1.66. The van der Waals surface area contributed by atoms with E-state index in [1.165, 1.54) is 6.07 Å². The van der Waals surface area contributed by atoms with Gasteiger partial charge in [-0.1, -0.05) is 18.2 Å². The summed E-state index contributed by atoms with van der Waals surface area (Å²) in [7, 11) is 0. The highest BCUT2D eigenvalue weighted by Crippen LogP contribution is 2.46. The van der Waals surface area contributed by atoms with Gasteiger partial charge in [0, 0.05) is 11.1 Å². The lowest BCUT2D eigenvalue weighted by atomic mass is 10.1. The van der Waals surface area contributed by atoms with E-state index in [0.717, 1.165) is 12.8 Å². The van der Waals surface area contributed by atoms with Crippen LogP contribution < -0.4 is 10.5 Å². The summed E-state index contributed by atoms with van der Waals surface area (Å²) in [6, 6.07) is 6.70. The van der Waals surface area contributed by atoms with Crippen LogP contribution in [0.5, 0.6) is 5.75 Å². The van der Waals surface area contributed by atoms with Crippen LogP contribution in [-0.4, -0.2) is 6.61 Å². The smallest absolute Gasteiger partial charge is 0.387 e. The number of benzene rings is 1. The lowest BCUT2D eigenvalue weighted by Crippen LogP contribution is -2.20. The number of hydrogen-bond acceptors (Lipinski definition) is 2. The van der Waals surface area contributed by atoms with E-state index in [2.05, 4.69) is 4.74 Å². The number of rotatable bonds is 3. The minimum atomic E-state index is -2.79. The van der Waals surface area contributed by atoms with Crippen molar-refractivity contribution in [2.24, 2.45) is 5.73 Å². The van der Waals surface area contributed by atoms with Crippen LogP contribution in [-0.2, 0) is 5.54 Å². The zero-order chi connectivity index (χ0) is 10.2. The molecule has 0 bridgehead atoms. The molecule has 0 aromatic heterocycles. The molecule has 1 aromatic rings. The Labute approximate surface area is 80.7 Å². The van der Waals surface area contributed by atoms with Gasteiger partial charge >= 0.3 is 6.61 Å². The van der Waals surface area contributed by atoms with Crippen molar-refractivity contribution in [1.82, 2.24) is 0 Å². The highest BCUT2D eigenvalue weighted by molar-refractivity contribution is 5.42. The van der Waals surface area contributed by atoms with Crippen LogP contribution in [0.15, 0.2) is 24.3 Å². The van der Waals surface area contributed by atoms with Gasteiger partial charge in [-0.25, -0.2) is 0 Å². The first-order valence-electron chi connectivity index (χ1n) is 4.45. The predicted octanol–water partition coefficient (Wildman–Crippen LogP) is 2.24. The summed E-state index contributed by atoms with van der Waals surface area (Å²) >= 11 is 0. The van der Waals surface area contributed by atoms with Crippen LogP contribution in [0.1, 0.15) is 18.4 Å². The first-order valence-corrected chi connectivity index (χ1v) is 4.45. The maximum absolute atomic E-state index is 12.0. The lowest BCUT2D eigenvalue weighted by Gasteiger charge is -2.14. The Morgan fingerprint density at radius 3 is 2.50 bits per heavy atom. The summed E-state index contributed by atoms with van der Waals surface area (Å²) in [5, 5.41) is 0. The van der Waals surface area contributed by atoms with Crippen LogP contribution >= 0.6 is 0 Å². The highest BCUT2D eigenvalue weighted by Gasteiger charge is 2.42. The minimum absolute atomic E-state index is 0.197. The maximum atomic E-state index is 12.0. The fourth-order valence-corrected chi connectivity index (χ4v) is 1.48. The Balaban J connectivity index is 2.29. The van der Waals surface area contributed by atoms with Crippen molar-refractivity contribution in [2.75, 3.05) is 0 Å². The number of ether oxygens (including phenoxy) is 1. The van der Waals surface area contributed by atoms with Crippen LogP contribution in [0.25, 0.3) is 0 Å². The third-order valence-electron chi connectivity index (χ3n) is 2.43. The largest absolute Gasteiger partial charge is 0.434 e. The van der Waals surface area contributed by atoms with Gasteiger partial charge in [-0.3, -0.25) is 0 Å². The van der Waals surface area contributed by atoms with E-state index in [9.17, 15) is 8.78 Å². The normalized spacial score (nSPS) is 18.3. The molecule has 0 radical (unpaired) electrons. The highest BCUT2D eigenvalue weighted by atomic mass is 19.3. The van der Waals surface area contributed by atoms with Gasteiger partial charge in [-0.05, 0) is 18.9 Å². The molecule has 1 fully saturated rings. The molecule has 0 heterocycles. The summed E-state index contributed by atoms with van der Waals surface area (Å²) in [4.78, 5) is 0. The summed E-state index contributed by atoms with van der Waals surface area (Å²) in [5.41, 5.74) is 6.16. The van der Waals surface area contributed by atoms with E-state index in [1.54, 1.807) is 18.2 Å². The third-order valence-corrected chi connectivity index (χ3v) is 2.43. The van der Waals surface area contributed by atoms with Gasteiger partial charge in [-0.2, -0.15) is 8.78 Å². The molecule has 0 unspecified atom stereocenters. The van der Waals surface area contributed by atoms with E-state index < -0.39 is 12.2 Å². The molecule has 0 saturated heterocycles. The maximum Gasteiger partial charge on any atom is 0.387 e. The van der Waals surface area contributed by atoms with Crippen molar-refractivity contribution in [3.8, 4) is 5.75 Å². The van der Waals surface area contributed by atoms with Crippen molar-refractivity contribution in [3.63, 3.8) is 0 Å². The monoisotopic (exact) mass is 199 g/mol. The number of alkyl halides is 2. The molecule has 1 saturated carbocycles. The fraction of sp³-hybridized carbons (Fsp3) is 0.400. The Morgan fingerprint density at radius 1 is 1.29 bits per heavy atom. The SMILES string of the molecule is NC1(c2ccccc2OC(F)F)CC1. The summed E-state index contributed by atoms with van der Waals surface area (Å²) in [5.74, 6) is 0.197. The van der Waals surface area contributed by atoms with Gasteiger partial charge in [0.15, 0.2) is 0 Å². The Bertz CT molecular complexity index is 337. The molecular weight excluding hydrogens is 188 g/mol. The summed E-state index contributed by atoms with van der Waals surface area (Å²) < 4.78 is 28.5. The van der Waals surface area contributed by atoms with Gasteiger partial charge in [0.1, 0.15) is 5.75 Å². The molecule has 0 amide bonds. The molecular formula is C10H11F2NO. The predicted molar refractivity (Wildman–Crippen MR) is 48.2 cm³/mol. The van der Waals surface area contributed by atoms with Gasteiger partial charge in [0.25, 0.3) is 0 Å². The average Bonchev–Trinajstić information content (AvgIpc) is 2.84. The van der Waals surface area contributed by atoms with Crippen LogP contribution in [0.4, 0.5) is 8.78 Å². The molecule has 4 heteroatoms. The topological polar surface area (TPSA) is 35.2 Å². The van der Waals surface area contributed by atoms with Crippen molar-refractivity contribution in [2.45, 2.75) is 25.0 Å². The van der Waals surface area contributed by atoms with Crippen molar-refractivity contribution < 1.29 is 13.5 Å². The standard InChI is InChI=1S/C10H11F2NO/c11-9(12)14-8-4-2-1-3-7(8)10(13)5-6-10/h1-4,9H,5-6,13H2. The first-order chi connectivity index (χ1) is 6.62. The molecule has 14 heavy (non-hydrogen) atoms. The van der Waals surface area contributed by atoms with E-state index in [0.29, 0.717) is 5.56 Å². The van der Waals surface area contributed by atoms with E-state index in [1.807, 2.05) is 0 Å². The second-order valence-corrected chi connectivity index (χ2v) is 3.53. The number of hydrogen-bond donors (Lipinski definition) is 1. The molecule has 2 nitrogen and oxygen atoms in total. The molecule has 2 N–H and O–H groups in total. The molecule has 0 atom stereocenters. The van der Waals surface area contributed by atoms with Gasteiger partial charge in [0.2, 0.25) is 0 Å². The van der Waals surface area contributed by atoms with Gasteiger partial charge in [-0.15, -0.1) is 0 Å². The fourth-order valence-electron chi connectivity index (χ4n) is 1.48. The average molecular weight is 199 g/mol. The van der Waals surface area contributed by atoms with Crippen LogP contribution in [0, 0.1) is 0 Å². The van der Waals surface area contributed by atoms with E-state index >= 15 is 0 Å². The Morgan fingerprint density at radius 2 is 1.93 bits per heavy atom. The number of nitrogens with two attached hydrogens (primary N) is 1. The van der Waals surface area contributed by atoms with Gasteiger partial charge in [0.05, 0.1) is 0 Å². The van der Waals surface area contributed by atoms with Crippen molar-refractivity contribution >= 4 is 0 Å². The Kier molecular flexibility index (Phi) is 2.15. The quantitative estimate of drug-likeness (QED) is 0.810. The second kappa shape index (κ2) is 3.20.